The first-order valence-electron chi connectivity index (χ1n) is 10.9. The first kappa shape index (κ1) is 20.9. The number of nitrogens with one attached hydrogen (secondary N) is 1. The molecule has 0 atom stereocenters. The molecule has 0 bridgehead atoms. The summed E-state index contributed by atoms with van der Waals surface area (Å²) in [6, 6.07) is 15.3. The summed E-state index contributed by atoms with van der Waals surface area (Å²) in [5.41, 5.74) is 2.67. The van der Waals surface area contributed by atoms with E-state index in [1.807, 2.05) is 36.4 Å². The molecule has 2 aromatic carbocycles. The van der Waals surface area contributed by atoms with Crippen LogP contribution < -0.4 is 15.0 Å². The first-order chi connectivity index (χ1) is 15.2. The minimum absolute atomic E-state index is 0.236. The molecule has 2 heterocycles. The fourth-order valence-corrected chi connectivity index (χ4v) is 3.93. The summed E-state index contributed by atoms with van der Waals surface area (Å²) >= 11 is 0. The molecule has 1 aromatic heterocycles. The minimum Gasteiger partial charge on any atom is -0.495 e. The molecule has 0 saturated heterocycles. The normalized spacial score (nSPS) is 13.2. The van der Waals surface area contributed by atoms with Gasteiger partial charge in [-0.15, -0.1) is 10.2 Å². The van der Waals surface area contributed by atoms with Gasteiger partial charge in [0.05, 0.1) is 19.3 Å². The summed E-state index contributed by atoms with van der Waals surface area (Å²) in [7, 11) is 1.59. The van der Waals surface area contributed by atoms with Crippen LogP contribution in [0.15, 0.2) is 48.5 Å². The quantitative estimate of drug-likeness (QED) is 0.622. The standard InChI is InChI=1S/C24H29N5O2/c1-3-18-12-14-19(15-13-18)29(24(30)25-20-9-6-7-10-21(20)31-2)17-23-27-26-22-11-5-4-8-16-28(22)23/h6-7,9-10,12-15H,3-5,8,11,16-17H2,1-2H3,(H,25,30). The molecule has 0 radical (unpaired) electrons. The molecule has 162 valence electrons. The van der Waals surface area contributed by atoms with Crippen LogP contribution in [0, 0.1) is 0 Å². The van der Waals surface area contributed by atoms with Crippen molar-refractivity contribution < 1.29 is 9.53 Å². The van der Waals surface area contributed by atoms with Crippen LogP contribution in [0.3, 0.4) is 0 Å². The number of para-hydroxylation sites is 2. The molecule has 31 heavy (non-hydrogen) atoms. The van der Waals surface area contributed by atoms with Crippen LogP contribution >= 0.6 is 0 Å². The largest absolute Gasteiger partial charge is 0.495 e. The Balaban J connectivity index is 1.64. The Morgan fingerprint density at radius 2 is 1.90 bits per heavy atom. The van der Waals surface area contributed by atoms with Crippen LogP contribution in [-0.4, -0.2) is 27.9 Å². The van der Waals surface area contributed by atoms with Gasteiger partial charge in [0.25, 0.3) is 0 Å². The van der Waals surface area contributed by atoms with Gasteiger partial charge in [-0.05, 0) is 49.1 Å². The zero-order valence-electron chi connectivity index (χ0n) is 18.2. The van der Waals surface area contributed by atoms with Gasteiger partial charge in [-0.1, -0.05) is 37.6 Å². The molecular formula is C24H29N5O2. The van der Waals surface area contributed by atoms with E-state index in [4.69, 9.17) is 4.74 Å². The molecule has 0 saturated carbocycles. The van der Waals surface area contributed by atoms with Crippen molar-refractivity contribution in [3.05, 3.63) is 65.7 Å². The van der Waals surface area contributed by atoms with Gasteiger partial charge in [-0.2, -0.15) is 0 Å². The van der Waals surface area contributed by atoms with E-state index in [1.165, 1.54) is 12.0 Å². The lowest BCUT2D eigenvalue weighted by atomic mass is 10.1. The van der Waals surface area contributed by atoms with Crippen LogP contribution in [0.4, 0.5) is 16.2 Å². The van der Waals surface area contributed by atoms with Crippen molar-refractivity contribution in [2.45, 2.75) is 52.1 Å². The molecule has 4 rings (SSSR count). The van der Waals surface area contributed by atoms with Gasteiger partial charge in [0.2, 0.25) is 0 Å². The number of carbonyl (C=O) groups excluding carboxylic acids is 1. The van der Waals surface area contributed by atoms with Crippen molar-refractivity contribution in [2.75, 3.05) is 17.3 Å². The van der Waals surface area contributed by atoms with Crippen LogP contribution in [0.2, 0.25) is 0 Å². The number of aryl methyl sites for hydroxylation is 2. The summed E-state index contributed by atoms with van der Waals surface area (Å²) < 4.78 is 7.57. The Morgan fingerprint density at radius 1 is 1.10 bits per heavy atom. The lowest BCUT2D eigenvalue weighted by molar-refractivity contribution is 0.256. The van der Waals surface area contributed by atoms with E-state index >= 15 is 0 Å². The third-order valence-corrected chi connectivity index (χ3v) is 5.74. The molecule has 0 unspecified atom stereocenters. The number of anilines is 2. The Morgan fingerprint density at radius 3 is 2.68 bits per heavy atom. The second kappa shape index (κ2) is 9.64. The predicted octanol–water partition coefficient (Wildman–Crippen LogP) is 4.81. The third-order valence-electron chi connectivity index (χ3n) is 5.74. The van der Waals surface area contributed by atoms with Crippen molar-refractivity contribution >= 4 is 17.4 Å². The maximum absolute atomic E-state index is 13.4. The van der Waals surface area contributed by atoms with Crippen molar-refractivity contribution in [1.82, 2.24) is 14.8 Å². The lowest BCUT2D eigenvalue weighted by Gasteiger charge is -2.24. The highest BCUT2D eigenvalue weighted by molar-refractivity contribution is 6.02. The zero-order chi connectivity index (χ0) is 21.6. The topological polar surface area (TPSA) is 72.3 Å². The molecule has 0 spiro atoms. The molecule has 2 amide bonds. The number of aromatic nitrogens is 3. The number of rotatable bonds is 6. The summed E-state index contributed by atoms with van der Waals surface area (Å²) in [6.07, 6.45) is 5.32. The van der Waals surface area contributed by atoms with Crippen LogP contribution in [-0.2, 0) is 25.9 Å². The van der Waals surface area contributed by atoms with E-state index in [0.717, 1.165) is 49.6 Å². The van der Waals surface area contributed by atoms with E-state index in [9.17, 15) is 4.79 Å². The van der Waals surface area contributed by atoms with Crippen LogP contribution in [0.5, 0.6) is 5.75 Å². The average Bonchev–Trinajstić information content (AvgIpc) is 3.03. The number of benzene rings is 2. The Labute approximate surface area is 183 Å². The highest BCUT2D eigenvalue weighted by Crippen LogP contribution is 2.26. The summed E-state index contributed by atoms with van der Waals surface area (Å²) in [5, 5.41) is 11.8. The Kier molecular flexibility index (Phi) is 6.50. The molecule has 3 aromatic rings. The van der Waals surface area contributed by atoms with Crippen molar-refractivity contribution in [2.24, 2.45) is 0 Å². The predicted molar refractivity (Wildman–Crippen MR) is 122 cm³/mol. The van der Waals surface area contributed by atoms with Gasteiger partial charge < -0.3 is 14.6 Å². The minimum atomic E-state index is -0.236. The molecule has 0 aliphatic carbocycles. The van der Waals surface area contributed by atoms with E-state index in [1.54, 1.807) is 12.0 Å². The maximum Gasteiger partial charge on any atom is 0.326 e. The SMILES string of the molecule is CCc1ccc(N(Cc2nnc3n2CCCCC3)C(=O)Nc2ccccc2OC)cc1. The fourth-order valence-electron chi connectivity index (χ4n) is 3.93. The number of nitrogens with zero attached hydrogens (tertiary/aromatic N) is 4. The number of hydrogen-bond acceptors (Lipinski definition) is 4. The van der Waals surface area contributed by atoms with Gasteiger partial charge >= 0.3 is 6.03 Å². The fraction of sp³-hybridized carbons (Fsp3) is 0.375. The summed E-state index contributed by atoms with van der Waals surface area (Å²) in [4.78, 5) is 15.1. The molecule has 7 heteroatoms. The van der Waals surface area contributed by atoms with Gasteiger partial charge in [0.15, 0.2) is 5.82 Å². The molecule has 0 fully saturated rings. The third kappa shape index (κ3) is 4.71. The van der Waals surface area contributed by atoms with Gasteiger partial charge in [-0.3, -0.25) is 4.90 Å². The highest BCUT2D eigenvalue weighted by Gasteiger charge is 2.22. The first-order valence-corrected chi connectivity index (χ1v) is 10.9. The summed E-state index contributed by atoms with van der Waals surface area (Å²) in [5.74, 6) is 2.44. The van der Waals surface area contributed by atoms with Gasteiger partial charge in [0.1, 0.15) is 11.6 Å². The number of fused-ring (bicyclic) bond motifs is 1. The molecule has 1 N–H and O–H groups in total. The number of methoxy groups -OCH3 is 1. The Hall–Kier alpha value is -3.35. The van der Waals surface area contributed by atoms with E-state index in [0.29, 0.717) is 18.0 Å². The van der Waals surface area contributed by atoms with Crippen molar-refractivity contribution in [3.8, 4) is 5.75 Å². The Bertz CT molecular complexity index is 1030. The molecular weight excluding hydrogens is 390 g/mol. The van der Waals surface area contributed by atoms with E-state index in [2.05, 4.69) is 39.1 Å². The highest BCUT2D eigenvalue weighted by atomic mass is 16.5. The second-order valence-electron chi connectivity index (χ2n) is 7.73. The zero-order valence-corrected chi connectivity index (χ0v) is 18.2. The monoisotopic (exact) mass is 419 g/mol. The lowest BCUT2D eigenvalue weighted by Crippen LogP contribution is -2.35. The second-order valence-corrected chi connectivity index (χ2v) is 7.73. The molecule has 1 aliphatic heterocycles. The smallest absolute Gasteiger partial charge is 0.326 e. The van der Waals surface area contributed by atoms with Gasteiger partial charge in [0, 0.05) is 18.7 Å². The van der Waals surface area contributed by atoms with Gasteiger partial charge in [-0.25, -0.2) is 4.79 Å². The summed E-state index contributed by atoms with van der Waals surface area (Å²) in [6.45, 7) is 3.36. The van der Waals surface area contributed by atoms with Crippen molar-refractivity contribution in [3.63, 3.8) is 0 Å². The maximum atomic E-state index is 13.4. The number of carbonyl (C=O) groups is 1. The number of hydrogen-bond donors (Lipinski definition) is 1. The van der Waals surface area contributed by atoms with E-state index < -0.39 is 0 Å². The van der Waals surface area contributed by atoms with Crippen LogP contribution in [0.25, 0.3) is 0 Å². The molecule has 1 aliphatic rings. The average molecular weight is 420 g/mol. The van der Waals surface area contributed by atoms with Crippen LogP contribution in [0.1, 0.15) is 43.4 Å². The molecule has 7 nitrogen and oxygen atoms in total. The van der Waals surface area contributed by atoms with E-state index in [-0.39, 0.29) is 6.03 Å². The number of amides is 2. The van der Waals surface area contributed by atoms with Crippen molar-refractivity contribution in [1.29, 1.82) is 0 Å². The number of ether oxygens (including phenoxy) is 1. The number of urea groups is 1.